The van der Waals surface area contributed by atoms with Crippen LogP contribution in [0.3, 0.4) is 0 Å². The van der Waals surface area contributed by atoms with E-state index < -0.39 is 0 Å². The molecule has 0 bridgehead atoms. The van der Waals surface area contributed by atoms with Crippen LogP contribution in [0, 0.1) is 0 Å². The van der Waals surface area contributed by atoms with Crippen LogP contribution >= 0.6 is 0 Å². The Morgan fingerprint density at radius 2 is 2.00 bits per heavy atom. The van der Waals surface area contributed by atoms with Crippen LogP contribution in [0.4, 0.5) is 0 Å². The second-order valence-corrected chi connectivity index (χ2v) is 3.41. The standard InChI is InChI=1S/C10H14N2O/c1-4-8-5-11-9-6(2)13-7(3)10(9)12-8/h5-7H,4H2,1-3H3/t6-,7+/m0/s1. The zero-order chi connectivity index (χ0) is 9.42. The molecule has 0 N–H and O–H groups in total. The van der Waals surface area contributed by atoms with E-state index in [1.54, 1.807) is 0 Å². The molecule has 13 heavy (non-hydrogen) atoms. The summed E-state index contributed by atoms with van der Waals surface area (Å²) in [7, 11) is 0. The molecule has 0 radical (unpaired) electrons. The molecule has 70 valence electrons. The van der Waals surface area contributed by atoms with Gasteiger partial charge >= 0.3 is 0 Å². The zero-order valence-corrected chi connectivity index (χ0v) is 8.24. The summed E-state index contributed by atoms with van der Waals surface area (Å²) in [6, 6.07) is 0. The Morgan fingerprint density at radius 1 is 1.31 bits per heavy atom. The van der Waals surface area contributed by atoms with Crippen LogP contribution in [-0.4, -0.2) is 9.97 Å². The van der Waals surface area contributed by atoms with Crippen molar-refractivity contribution < 1.29 is 4.74 Å². The first-order valence-electron chi connectivity index (χ1n) is 4.73. The lowest BCUT2D eigenvalue weighted by molar-refractivity contribution is 0.0307. The SMILES string of the molecule is CCc1cnc2c(n1)[C@@H](C)O[C@H]2C. The topological polar surface area (TPSA) is 35.0 Å². The summed E-state index contributed by atoms with van der Waals surface area (Å²) in [4.78, 5) is 8.89. The van der Waals surface area contributed by atoms with E-state index in [0.29, 0.717) is 0 Å². The molecule has 0 aliphatic carbocycles. The van der Waals surface area contributed by atoms with Crippen LogP contribution in [0.25, 0.3) is 0 Å². The maximum Gasteiger partial charge on any atom is 0.0995 e. The van der Waals surface area contributed by atoms with E-state index in [9.17, 15) is 0 Å². The fourth-order valence-electron chi connectivity index (χ4n) is 1.67. The maximum absolute atomic E-state index is 5.61. The van der Waals surface area contributed by atoms with Crippen molar-refractivity contribution in [2.24, 2.45) is 0 Å². The Hall–Kier alpha value is -0.960. The summed E-state index contributed by atoms with van der Waals surface area (Å²) in [5.74, 6) is 0. The van der Waals surface area contributed by atoms with Gasteiger partial charge in [0, 0.05) is 6.20 Å². The third kappa shape index (κ3) is 1.33. The molecule has 0 saturated heterocycles. The number of hydrogen-bond donors (Lipinski definition) is 0. The Balaban J connectivity index is 2.46. The van der Waals surface area contributed by atoms with Gasteiger partial charge in [-0.1, -0.05) is 6.92 Å². The first-order valence-corrected chi connectivity index (χ1v) is 4.73. The van der Waals surface area contributed by atoms with Gasteiger partial charge in [-0.3, -0.25) is 9.97 Å². The summed E-state index contributed by atoms with van der Waals surface area (Å²) >= 11 is 0. The molecule has 1 aromatic heterocycles. The van der Waals surface area contributed by atoms with Crippen LogP contribution in [0.1, 0.15) is 50.1 Å². The van der Waals surface area contributed by atoms with Crippen molar-refractivity contribution in [1.29, 1.82) is 0 Å². The third-order valence-corrected chi connectivity index (χ3v) is 2.42. The molecule has 0 aromatic carbocycles. The molecule has 2 heterocycles. The van der Waals surface area contributed by atoms with Crippen LogP contribution in [-0.2, 0) is 11.2 Å². The number of ether oxygens (including phenoxy) is 1. The molecule has 2 atom stereocenters. The average Bonchev–Trinajstić information content (AvgIpc) is 2.42. The van der Waals surface area contributed by atoms with E-state index >= 15 is 0 Å². The Kier molecular flexibility index (Phi) is 2.04. The van der Waals surface area contributed by atoms with E-state index in [-0.39, 0.29) is 12.2 Å². The van der Waals surface area contributed by atoms with Gasteiger partial charge in [0.1, 0.15) is 0 Å². The first kappa shape index (κ1) is 8.63. The molecule has 0 fully saturated rings. The molecule has 0 saturated carbocycles. The van der Waals surface area contributed by atoms with Gasteiger partial charge in [0.05, 0.1) is 29.3 Å². The summed E-state index contributed by atoms with van der Waals surface area (Å²) < 4.78 is 5.61. The lowest BCUT2D eigenvalue weighted by Crippen LogP contribution is -1.99. The van der Waals surface area contributed by atoms with E-state index in [1.807, 2.05) is 20.0 Å². The number of aryl methyl sites for hydroxylation is 1. The molecule has 1 aromatic rings. The number of nitrogens with zero attached hydrogens (tertiary/aromatic N) is 2. The maximum atomic E-state index is 5.61. The Labute approximate surface area is 78.2 Å². The molecule has 3 nitrogen and oxygen atoms in total. The van der Waals surface area contributed by atoms with Gasteiger partial charge in [0.2, 0.25) is 0 Å². The van der Waals surface area contributed by atoms with Crippen molar-refractivity contribution in [1.82, 2.24) is 9.97 Å². The minimum Gasteiger partial charge on any atom is -0.363 e. The van der Waals surface area contributed by atoms with Crippen molar-refractivity contribution in [3.8, 4) is 0 Å². The number of fused-ring (bicyclic) bond motifs is 1. The van der Waals surface area contributed by atoms with Crippen molar-refractivity contribution in [2.45, 2.75) is 39.4 Å². The zero-order valence-electron chi connectivity index (χ0n) is 8.24. The van der Waals surface area contributed by atoms with E-state index in [0.717, 1.165) is 23.5 Å². The van der Waals surface area contributed by atoms with Crippen LogP contribution in [0.15, 0.2) is 6.20 Å². The Morgan fingerprint density at radius 3 is 2.69 bits per heavy atom. The molecular formula is C10H14N2O. The van der Waals surface area contributed by atoms with Gasteiger partial charge in [-0.2, -0.15) is 0 Å². The second kappa shape index (κ2) is 3.07. The fraction of sp³-hybridized carbons (Fsp3) is 0.600. The molecular weight excluding hydrogens is 164 g/mol. The van der Waals surface area contributed by atoms with E-state index in [4.69, 9.17) is 4.74 Å². The van der Waals surface area contributed by atoms with E-state index in [1.165, 1.54) is 0 Å². The van der Waals surface area contributed by atoms with Gasteiger partial charge in [0.25, 0.3) is 0 Å². The average molecular weight is 178 g/mol. The van der Waals surface area contributed by atoms with Gasteiger partial charge in [-0.15, -0.1) is 0 Å². The lowest BCUT2D eigenvalue weighted by Gasteiger charge is -2.02. The molecule has 0 spiro atoms. The molecule has 0 unspecified atom stereocenters. The highest BCUT2D eigenvalue weighted by atomic mass is 16.5. The van der Waals surface area contributed by atoms with Crippen LogP contribution in [0.2, 0.25) is 0 Å². The molecule has 1 aliphatic heterocycles. The lowest BCUT2D eigenvalue weighted by atomic mass is 10.2. The van der Waals surface area contributed by atoms with Gasteiger partial charge < -0.3 is 4.74 Å². The van der Waals surface area contributed by atoms with Gasteiger partial charge in [-0.05, 0) is 20.3 Å². The summed E-state index contributed by atoms with van der Waals surface area (Å²) in [5.41, 5.74) is 3.07. The third-order valence-electron chi connectivity index (χ3n) is 2.42. The Bertz CT molecular complexity index is 325. The highest BCUT2D eigenvalue weighted by Gasteiger charge is 2.28. The largest absolute Gasteiger partial charge is 0.363 e. The quantitative estimate of drug-likeness (QED) is 0.661. The van der Waals surface area contributed by atoms with Crippen LogP contribution in [0.5, 0.6) is 0 Å². The number of hydrogen-bond acceptors (Lipinski definition) is 3. The highest BCUT2D eigenvalue weighted by Crippen LogP contribution is 2.35. The predicted octanol–water partition coefficient (Wildman–Crippen LogP) is 2.19. The number of aromatic nitrogens is 2. The monoisotopic (exact) mass is 178 g/mol. The molecule has 2 rings (SSSR count). The summed E-state index contributed by atoms with van der Waals surface area (Å²) in [6.07, 6.45) is 2.98. The summed E-state index contributed by atoms with van der Waals surface area (Å²) in [5, 5.41) is 0. The van der Waals surface area contributed by atoms with Gasteiger partial charge in [-0.25, -0.2) is 0 Å². The normalized spacial score (nSPS) is 26.1. The van der Waals surface area contributed by atoms with Crippen molar-refractivity contribution in [3.63, 3.8) is 0 Å². The van der Waals surface area contributed by atoms with Crippen molar-refractivity contribution in [2.75, 3.05) is 0 Å². The van der Waals surface area contributed by atoms with Crippen molar-refractivity contribution in [3.05, 3.63) is 23.3 Å². The minimum absolute atomic E-state index is 0.100. The highest BCUT2D eigenvalue weighted by molar-refractivity contribution is 5.22. The minimum atomic E-state index is 0.100. The predicted molar refractivity (Wildman–Crippen MR) is 49.3 cm³/mol. The molecule has 1 aliphatic rings. The van der Waals surface area contributed by atoms with Crippen molar-refractivity contribution >= 4 is 0 Å². The first-order chi connectivity index (χ1) is 6.22. The summed E-state index contributed by atoms with van der Waals surface area (Å²) in [6.45, 7) is 6.12. The molecule has 3 heteroatoms. The van der Waals surface area contributed by atoms with E-state index in [2.05, 4.69) is 16.9 Å². The number of rotatable bonds is 1. The smallest absolute Gasteiger partial charge is 0.0995 e. The molecule has 0 amide bonds. The van der Waals surface area contributed by atoms with Crippen LogP contribution < -0.4 is 0 Å². The van der Waals surface area contributed by atoms with Gasteiger partial charge in [0.15, 0.2) is 0 Å². The second-order valence-electron chi connectivity index (χ2n) is 3.41. The fourth-order valence-corrected chi connectivity index (χ4v) is 1.67.